The van der Waals surface area contributed by atoms with Crippen LogP contribution in [0.4, 0.5) is 5.69 Å². The Bertz CT molecular complexity index is 480. The van der Waals surface area contributed by atoms with E-state index in [4.69, 9.17) is 10.5 Å². The summed E-state index contributed by atoms with van der Waals surface area (Å²) in [6.07, 6.45) is 2.22. The van der Waals surface area contributed by atoms with E-state index in [1.807, 2.05) is 12.1 Å². The molecule has 1 aromatic rings. The molecule has 2 rings (SSSR count). The number of benzene rings is 1. The van der Waals surface area contributed by atoms with Crippen molar-refractivity contribution in [2.75, 3.05) is 18.9 Å². The van der Waals surface area contributed by atoms with Crippen LogP contribution >= 0.6 is 0 Å². The van der Waals surface area contributed by atoms with Gasteiger partial charge >= 0.3 is 5.97 Å². The predicted octanol–water partition coefficient (Wildman–Crippen LogP) is 1.37. The fourth-order valence-electron chi connectivity index (χ4n) is 2.06. The zero-order valence-corrected chi connectivity index (χ0v) is 11.7. The molecule has 1 aromatic carbocycles. The largest absolute Gasteiger partial charge is 0.465 e. The third-order valence-electron chi connectivity index (χ3n) is 3.25. The number of esters is 1. The molecule has 108 valence electrons. The van der Waals surface area contributed by atoms with E-state index in [9.17, 15) is 9.59 Å². The third-order valence-corrected chi connectivity index (χ3v) is 3.25. The molecule has 1 aliphatic carbocycles. The molecule has 1 saturated carbocycles. The Labute approximate surface area is 118 Å². The van der Waals surface area contributed by atoms with E-state index in [1.165, 1.54) is 0 Å². The fourth-order valence-corrected chi connectivity index (χ4v) is 2.06. The van der Waals surface area contributed by atoms with Gasteiger partial charge in [-0.15, -0.1) is 0 Å². The van der Waals surface area contributed by atoms with Crippen LogP contribution in [0.5, 0.6) is 0 Å². The van der Waals surface area contributed by atoms with Gasteiger partial charge in [-0.1, -0.05) is 12.1 Å². The molecule has 0 heterocycles. The molecule has 0 bridgehead atoms. The second-order valence-electron chi connectivity index (χ2n) is 4.98. The molecule has 0 aromatic heterocycles. The number of ether oxygens (including phenoxy) is 1. The van der Waals surface area contributed by atoms with Gasteiger partial charge in [-0.3, -0.25) is 9.59 Å². The van der Waals surface area contributed by atoms with Crippen molar-refractivity contribution in [1.29, 1.82) is 0 Å². The highest BCUT2D eigenvalue weighted by Crippen LogP contribution is 2.27. The predicted molar refractivity (Wildman–Crippen MR) is 75.9 cm³/mol. The van der Waals surface area contributed by atoms with E-state index in [2.05, 4.69) is 0 Å². The van der Waals surface area contributed by atoms with Crippen LogP contribution < -0.4 is 5.73 Å². The Morgan fingerprint density at radius 1 is 1.30 bits per heavy atom. The lowest BCUT2D eigenvalue weighted by Crippen LogP contribution is -2.39. The quantitative estimate of drug-likeness (QED) is 0.629. The van der Waals surface area contributed by atoms with Crippen LogP contribution in [0.25, 0.3) is 0 Å². The van der Waals surface area contributed by atoms with Gasteiger partial charge in [-0.05, 0) is 37.5 Å². The van der Waals surface area contributed by atoms with Gasteiger partial charge in [-0.2, -0.15) is 0 Å². The first-order chi connectivity index (χ1) is 9.60. The molecule has 0 atom stereocenters. The summed E-state index contributed by atoms with van der Waals surface area (Å²) in [6.45, 7) is 2.14. The molecule has 0 unspecified atom stereocenters. The summed E-state index contributed by atoms with van der Waals surface area (Å²) in [5.74, 6) is -0.379. The van der Waals surface area contributed by atoms with E-state index in [0.717, 1.165) is 18.4 Å². The SMILES string of the molecule is CCOC(=O)CN(C(=O)Cc1ccc(N)cc1)C1CC1. The second-order valence-corrected chi connectivity index (χ2v) is 4.98. The van der Waals surface area contributed by atoms with Crippen molar-refractivity contribution < 1.29 is 14.3 Å². The molecule has 20 heavy (non-hydrogen) atoms. The number of hydrogen-bond donors (Lipinski definition) is 1. The normalized spacial score (nSPS) is 13.8. The summed E-state index contributed by atoms with van der Waals surface area (Å²) >= 11 is 0. The van der Waals surface area contributed by atoms with Gasteiger partial charge < -0.3 is 15.4 Å². The van der Waals surface area contributed by atoms with Gasteiger partial charge in [0.2, 0.25) is 5.91 Å². The maximum absolute atomic E-state index is 12.3. The van der Waals surface area contributed by atoms with Crippen LogP contribution in [0.15, 0.2) is 24.3 Å². The molecule has 0 saturated heterocycles. The minimum atomic E-state index is -0.343. The zero-order chi connectivity index (χ0) is 14.5. The van der Waals surface area contributed by atoms with Crippen LogP contribution in [0.3, 0.4) is 0 Å². The highest BCUT2D eigenvalue weighted by Gasteiger charge is 2.33. The van der Waals surface area contributed by atoms with E-state index >= 15 is 0 Å². The maximum Gasteiger partial charge on any atom is 0.325 e. The van der Waals surface area contributed by atoms with Gasteiger partial charge in [0.1, 0.15) is 6.54 Å². The Morgan fingerprint density at radius 3 is 2.50 bits per heavy atom. The van der Waals surface area contributed by atoms with E-state index in [1.54, 1.807) is 24.0 Å². The molecule has 1 aliphatic rings. The zero-order valence-electron chi connectivity index (χ0n) is 11.7. The summed E-state index contributed by atoms with van der Waals surface area (Å²) in [5.41, 5.74) is 7.19. The Kier molecular flexibility index (Phi) is 4.61. The molecule has 1 amide bonds. The maximum atomic E-state index is 12.3. The Balaban J connectivity index is 1.96. The van der Waals surface area contributed by atoms with E-state index in [0.29, 0.717) is 12.3 Å². The van der Waals surface area contributed by atoms with Crippen molar-refractivity contribution in [3.8, 4) is 0 Å². The van der Waals surface area contributed by atoms with Crippen LogP contribution in [-0.4, -0.2) is 36.0 Å². The number of carbonyl (C=O) groups excluding carboxylic acids is 2. The first-order valence-corrected chi connectivity index (χ1v) is 6.89. The molecular formula is C15H20N2O3. The van der Waals surface area contributed by atoms with Gasteiger partial charge in [0.15, 0.2) is 0 Å². The van der Waals surface area contributed by atoms with Crippen LogP contribution in [-0.2, 0) is 20.7 Å². The minimum Gasteiger partial charge on any atom is -0.465 e. The lowest BCUT2D eigenvalue weighted by atomic mass is 10.1. The highest BCUT2D eigenvalue weighted by atomic mass is 16.5. The number of nitrogens with two attached hydrogens (primary N) is 1. The highest BCUT2D eigenvalue weighted by molar-refractivity contribution is 5.84. The lowest BCUT2D eigenvalue weighted by molar-refractivity contribution is -0.149. The molecule has 0 spiro atoms. The summed E-state index contributed by atoms with van der Waals surface area (Å²) in [5, 5.41) is 0. The molecule has 5 nitrogen and oxygen atoms in total. The number of nitrogen functional groups attached to an aromatic ring is 1. The molecule has 0 radical (unpaired) electrons. The number of rotatable bonds is 6. The standard InChI is InChI=1S/C15H20N2O3/c1-2-20-15(19)10-17(13-7-8-13)14(18)9-11-3-5-12(16)6-4-11/h3-6,13H,2,7-10,16H2,1H3. The van der Waals surface area contributed by atoms with Crippen molar-refractivity contribution in [3.05, 3.63) is 29.8 Å². The topological polar surface area (TPSA) is 72.6 Å². The Morgan fingerprint density at radius 2 is 1.95 bits per heavy atom. The molecular weight excluding hydrogens is 256 g/mol. The Hall–Kier alpha value is -2.04. The van der Waals surface area contributed by atoms with Crippen LogP contribution in [0.2, 0.25) is 0 Å². The minimum absolute atomic E-state index is 0.0367. The number of carbonyl (C=O) groups is 2. The number of amides is 1. The summed E-state index contributed by atoms with van der Waals surface area (Å²) in [4.78, 5) is 25.5. The second kappa shape index (κ2) is 6.41. The van der Waals surface area contributed by atoms with Crippen molar-refractivity contribution >= 4 is 17.6 Å². The van der Waals surface area contributed by atoms with E-state index in [-0.39, 0.29) is 30.9 Å². The van der Waals surface area contributed by atoms with E-state index < -0.39 is 0 Å². The first-order valence-electron chi connectivity index (χ1n) is 6.89. The van der Waals surface area contributed by atoms with Crippen molar-refractivity contribution in [1.82, 2.24) is 4.90 Å². The van der Waals surface area contributed by atoms with Gasteiger partial charge in [0.25, 0.3) is 0 Å². The number of anilines is 1. The summed E-state index contributed by atoms with van der Waals surface area (Å²) < 4.78 is 4.92. The smallest absolute Gasteiger partial charge is 0.325 e. The third kappa shape index (κ3) is 3.98. The molecule has 0 aliphatic heterocycles. The number of nitrogens with zero attached hydrogens (tertiary/aromatic N) is 1. The van der Waals surface area contributed by atoms with Gasteiger partial charge in [0.05, 0.1) is 13.0 Å². The average Bonchev–Trinajstić information content (AvgIpc) is 3.23. The molecule has 1 fully saturated rings. The first kappa shape index (κ1) is 14.4. The van der Waals surface area contributed by atoms with Gasteiger partial charge in [-0.25, -0.2) is 0 Å². The number of hydrogen-bond acceptors (Lipinski definition) is 4. The van der Waals surface area contributed by atoms with Crippen molar-refractivity contribution in [2.45, 2.75) is 32.2 Å². The lowest BCUT2D eigenvalue weighted by Gasteiger charge is -2.21. The van der Waals surface area contributed by atoms with Crippen LogP contribution in [0, 0.1) is 0 Å². The van der Waals surface area contributed by atoms with Crippen molar-refractivity contribution in [3.63, 3.8) is 0 Å². The summed E-state index contributed by atoms with van der Waals surface area (Å²) in [6, 6.07) is 7.41. The fraction of sp³-hybridized carbons (Fsp3) is 0.467. The summed E-state index contributed by atoms with van der Waals surface area (Å²) in [7, 11) is 0. The van der Waals surface area contributed by atoms with Gasteiger partial charge in [0, 0.05) is 11.7 Å². The molecule has 2 N–H and O–H groups in total. The van der Waals surface area contributed by atoms with Crippen molar-refractivity contribution in [2.24, 2.45) is 0 Å². The van der Waals surface area contributed by atoms with Crippen LogP contribution in [0.1, 0.15) is 25.3 Å². The monoisotopic (exact) mass is 276 g/mol. The average molecular weight is 276 g/mol. The molecule has 5 heteroatoms.